The van der Waals surface area contributed by atoms with Crippen molar-refractivity contribution in [3.05, 3.63) is 34.0 Å². The molecule has 7 nitrogen and oxygen atoms in total. The minimum Gasteiger partial charge on any atom is -0.494 e. The summed E-state index contributed by atoms with van der Waals surface area (Å²) in [5, 5.41) is 14.8. The lowest BCUT2D eigenvalue weighted by atomic mass is 10.0. The first-order valence-electron chi connectivity index (χ1n) is 9.74. The van der Waals surface area contributed by atoms with Crippen molar-refractivity contribution in [2.24, 2.45) is 11.4 Å². The first-order valence-corrected chi connectivity index (χ1v) is 12.0. The van der Waals surface area contributed by atoms with Crippen molar-refractivity contribution >= 4 is 32.8 Å². The molecule has 156 valence electrons. The number of halogens is 1. The van der Waals surface area contributed by atoms with Crippen LogP contribution in [0.15, 0.2) is 16.5 Å². The van der Waals surface area contributed by atoms with E-state index in [4.69, 9.17) is 16.3 Å². The zero-order chi connectivity index (χ0) is 20.8. The van der Waals surface area contributed by atoms with Crippen molar-refractivity contribution in [3.8, 4) is 11.6 Å². The average molecular weight is 438 g/mol. The molecule has 0 unspecified atom stereocenters. The number of hydrogen-bond donors (Lipinski definition) is 1. The quantitative estimate of drug-likeness (QED) is 0.708. The molecule has 2 aliphatic rings. The fourth-order valence-electron chi connectivity index (χ4n) is 3.69. The number of hydrogen-bond acceptors (Lipinski definition) is 6. The second-order valence-corrected chi connectivity index (χ2v) is 10.5. The van der Waals surface area contributed by atoms with Crippen LogP contribution < -0.4 is 4.74 Å². The van der Waals surface area contributed by atoms with E-state index in [1.807, 2.05) is 0 Å². The van der Waals surface area contributed by atoms with E-state index in [2.05, 4.69) is 9.46 Å². The van der Waals surface area contributed by atoms with Gasteiger partial charge in [0.15, 0.2) is 0 Å². The molecule has 0 amide bonds. The number of aromatic hydroxyl groups is 1. The van der Waals surface area contributed by atoms with Crippen LogP contribution in [0.4, 0.5) is 5.69 Å². The summed E-state index contributed by atoms with van der Waals surface area (Å²) in [6.45, 7) is 0. The third kappa shape index (κ3) is 3.75. The van der Waals surface area contributed by atoms with Gasteiger partial charge in [-0.3, -0.25) is 4.79 Å². The Hall–Kier alpha value is -2.06. The highest BCUT2D eigenvalue weighted by Gasteiger charge is 2.35. The van der Waals surface area contributed by atoms with Crippen molar-refractivity contribution in [2.75, 3.05) is 18.6 Å². The van der Waals surface area contributed by atoms with Crippen LogP contribution in [-0.4, -0.2) is 43.5 Å². The van der Waals surface area contributed by atoms with Crippen LogP contribution in [0.25, 0.3) is 0 Å². The van der Waals surface area contributed by atoms with Gasteiger partial charge < -0.3 is 9.84 Å². The predicted molar refractivity (Wildman–Crippen MR) is 112 cm³/mol. The van der Waals surface area contributed by atoms with Crippen LogP contribution in [0.1, 0.15) is 59.6 Å². The Morgan fingerprint density at radius 2 is 2.00 bits per heavy atom. The van der Waals surface area contributed by atoms with Crippen molar-refractivity contribution in [1.29, 1.82) is 0 Å². The van der Waals surface area contributed by atoms with E-state index in [1.54, 1.807) is 19.2 Å². The van der Waals surface area contributed by atoms with E-state index in [9.17, 15) is 14.1 Å². The maximum atomic E-state index is 13.3. The monoisotopic (exact) mass is 437 g/mol. The molecule has 1 aromatic heterocycles. The molecule has 0 atom stereocenters. The molecule has 1 saturated carbocycles. The number of ketones is 1. The fraction of sp³-hybridized carbons (Fsp3) is 0.500. The third-order valence-corrected chi connectivity index (χ3v) is 8.21. The lowest BCUT2D eigenvalue weighted by molar-refractivity contribution is 0.103. The van der Waals surface area contributed by atoms with Gasteiger partial charge in [0.25, 0.3) is 0 Å². The van der Waals surface area contributed by atoms with Crippen molar-refractivity contribution in [3.63, 3.8) is 0 Å². The smallest absolute Gasteiger partial charge is 0.220 e. The average Bonchev–Trinajstić information content (AvgIpc) is 3.49. The van der Waals surface area contributed by atoms with Crippen LogP contribution in [0.2, 0.25) is 5.02 Å². The molecule has 2 heterocycles. The number of carbonyl (C=O) groups is 1. The van der Waals surface area contributed by atoms with Crippen LogP contribution in [0.5, 0.6) is 11.6 Å². The standard InChI is InChI=1S/C20H24ClN3O4S/c1-24-20(26)15(17(22-24)12-6-7-12)19(25)13-8-9-14(28-2)18(16(13)21)23-29(27)10-4-3-5-11-29/h8-9,12,26H,3-7,10-11H2,1-2H3. The topological polar surface area (TPSA) is 93.8 Å². The Kier molecular flexibility index (Phi) is 5.33. The van der Waals surface area contributed by atoms with E-state index in [0.29, 0.717) is 22.9 Å². The first kappa shape index (κ1) is 20.2. The Morgan fingerprint density at radius 3 is 2.62 bits per heavy atom. The molecule has 1 saturated heterocycles. The molecule has 0 bridgehead atoms. The molecular weight excluding hydrogens is 414 g/mol. The minimum atomic E-state index is -2.44. The fourth-order valence-corrected chi connectivity index (χ4v) is 6.24. The maximum Gasteiger partial charge on any atom is 0.220 e. The van der Waals surface area contributed by atoms with Gasteiger partial charge in [0.1, 0.15) is 17.0 Å². The number of carbonyl (C=O) groups excluding carboxylic acids is 1. The second-order valence-electron chi connectivity index (χ2n) is 7.62. The zero-order valence-corrected chi connectivity index (χ0v) is 18.1. The summed E-state index contributed by atoms with van der Waals surface area (Å²) in [5.41, 5.74) is 1.20. The van der Waals surface area contributed by atoms with Gasteiger partial charge in [-0.1, -0.05) is 18.0 Å². The molecule has 9 heteroatoms. The van der Waals surface area contributed by atoms with Gasteiger partial charge in [-0.05, 0) is 37.8 Å². The van der Waals surface area contributed by atoms with Crippen LogP contribution in [0.3, 0.4) is 0 Å². The van der Waals surface area contributed by atoms with Crippen molar-refractivity contribution in [2.45, 2.75) is 38.0 Å². The Bertz CT molecular complexity index is 1090. The molecule has 1 aliphatic carbocycles. The molecular formula is C20H24ClN3O4S. The summed E-state index contributed by atoms with van der Waals surface area (Å²) in [6.07, 6.45) is 4.63. The Labute approximate surface area is 175 Å². The second kappa shape index (κ2) is 7.65. The molecule has 1 aromatic carbocycles. The molecule has 1 aliphatic heterocycles. The maximum absolute atomic E-state index is 13.3. The summed E-state index contributed by atoms with van der Waals surface area (Å²) in [4.78, 5) is 13.3. The summed E-state index contributed by atoms with van der Waals surface area (Å²) in [6, 6.07) is 3.16. The van der Waals surface area contributed by atoms with Crippen LogP contribution in [0, 0.1) is 0 Å². The SMILES string of the molecule is COc1ccc(C(=O)c2c(C3CC3)nn(C)c2O)c(Cl)c1N=S1(=O)CCCCC1. The first-order chi connectivity index (χ1) is 13.8. The molecule has 4 rings (SSSR count). The number of nitrogens with zero attached hydrogens (tertiary/aromatic N) is 3. The molecule has 1 N–H and O–H groups in total. The minimum absolute atomic E-state index is 0.0904. The summed E-state index contributed by atoms with van der Waals surface area (Å²) in [5.74, 6) is 0.983. The summed E-state index contributed by atoms with van der Waals surface area (Å²) < 4.78 is 24.3. The Morgan fingerprint density at radius 1 is 1.31 bits per heavy atom. The van der Waals surface area contributed by atoms with Gasteiger partial charge in [0.2, 0.25) is 11.7 Å². The van der Waals surface area contributed by atoms with Crippen molar-refractivity contribution < 1.29 is 18.8 Å². The van der Waals surface area contributed by atoms with Gasteiger partial charge >= 0.3 is 0 Å². The lowest BCUT2D eigenvalue weighted by Crippen LogP contribution is -2.16. The highest BCUT2D eigenvalue weighted by molar-refractivity contribution is 7.93. The van der Waals surface area contributed by atoms with Crippen LogP contribution in [-0.2, 0) is 16.8 Å². The van der Waals surface area contributed by atoms with Crippen LogP contribution >= 0.6 is 11.6 Å². The molecule has 29 heavy (non-hydrogen) atoms. The van der Waals surface area contributed by atoms with E-state index in [-0.39, 0.29) is 33.6 Å². The summed E-state index contributed by atoms with van der Waals surface area (Å²) >= 11 is 6.60. The third-order valence-electron chi connectivity index (χ3n) is 5.46. The number of ether oxygens (including phenoxy) is 1. The normalized spacial score (nSPS) is 18.4. The number of benzene rings is 1. The highest BCUT2D eigenvalue weighted by Crippen LogP contribution is 2.45. The molecule has 2 aromatic rings. The van der Waals surface area contributed by atoms with Crippen molar-refractivity contribution in [1.82, 2.24) is 9.78 Å². The number of aryl methyl sites for hydroxylation is 1. The van der Waals surface area contributed by atoms with E-state index in [1.165, 1.54) is 11.8 Å². The van der Waals surface area contributed by atoms with E-state index >= 15 is 0 Å². The largest absolute Gasteiger partial charge is 0.494 e. The molecule has 0 radical (unpaired) electrons. The number of methoxy groups -OCH3 is 1. The Balaban J connectivity index is 1.83. The van der Waals surface area contributed by atoms with E-state index in [0.717, 1.165) is 32.1 Å². The highest BCUT2D eigenvalue weighted by atomic mass is 35.5. The van der Waals surface area contributed by atoms with Gasteiger partial charge in [0.05, 0.1) is 27.6 Å². The molecule has 2 fully saturated rings. The van der Waals surface area contributed by atoms with Gasteiger partial charge in [0, 0.05) is 30.0 Å². The summed E-state index contributed by atoms with van der Waals surface area (Å²) in [7, 11) is 0.646. The van der Waals surface area contributed by atoms with Gasteiger partial charge in [-0.25, -0.2) is 8.89 Å². The van der Waals surface area contributed by atoms with Gasteiger partial charge in [-0.2, -0.15) is 9.46 Å². The lowest BCUT2D eigenvalue weighted by Gasteiger charge is -2.17. The number of rotatable bonds is 5. The van der Waals surface area contributed by atoms with E-state index < -0.39 is 15.5 Å². The molecule has 0 spiro atoms. The number of aromatic nitrogens is 2. The predicted octanol–water partition coefficient (Wildman–Crippen LogP) is 4.18. The zero-order valence-electron chi connectivity index (χ0n) is 16.5. The van der Waals surface area contributed by atoms with Gasteiger partial charge in [-0.15, -0.1) is 0 Å².